The van der Waals surface area contributed by atoms with Gasteiger partial charge in [0, 0.05) is 12.0 Å². The number of thioether (sulfide) groups is 1. The molecule has 7 nitrogen and oxygen atoms in total. The highest BCUT2D eigenvalue weighted by Crippen LogP contribution is 2.44. The molecule has 1 saturated carbocycles. The van der Waals surface area contributed by atoms with E-state index in [4.69, 9.17) is 4.74 Å². The number of fused-ring (bicyclic) bond motifs is 3. The maximum absolute atomic E-state index is 12.8. The van der Waals surface area contributed by atoms with Crippen LogP contribution in [0.4, 0.5) is 4.79 Å². The van der Waals surface area contributed by atoms with E-state index < -0.39 is 24.0 Å². The number of nitrogens with one attached hydrogen (secondary N) is 2. The molecule has 2 aliphatic rings. The molecule has 3 atom stereocenters. The number of hydrogen-bond acceptors (Lipinski definition) is 5. The smallest absolute Gasteiger partial charge is 0.407 e. The molecule has 4 rings (SSSR count). The molecule has 0 bridgehead atoms. The predicted molar refractivity (Wildman–Crippen MR) is 132 cm³/mol. The Bertz CT molecular complexity index is 1010. The Hall–Kier alpha value is -3.00. The van der Waals surface area contributed by atoms with E-state index in [0.29, 0.717) is 25.0 Å². The Morgan fingerprint density at radius 2 is 1.71 bits per heavy atom. The van der Waals surface area contributed by atoms with Crippen molar-refractivity contribution in [1.29, 1.82) is 0 Å². The second-order valence-electron chi connectivity index (χ2n) is 8.79. The molecule has 180 valence electrons. The number of carbonyl (C=O) groups excluding carboxylic acids is 2. The first kappa shape index (κ1) is 24.1. The van der Waals surface area contributed by atoms with Crippen molar-refractivity contribution in [2.45, 2.75) is 43.7 Å². The number of aliphatic carboxylic acids is 1. The first-order chi connectivity index (χ1) is 16.5. The summed E-state index contributed by atoms with van der Waals surface area (Å²) in [6, 6.07) is 15.0. The molecule has 0 heterocycles. The van der Waals surface area contributed by atoms with Gasteiger partial charge in [0.25, 0.3) is 0 Å². The number of alkyl carbamates (subject to hydrolysis) is 1. The van der Waals surface area contributed by atoms with Crippen LogP contribution in [0.5, 0.6) is 0 Å². The van der Waals surface area contributed by atoms with Crippen molar-refractivity contribution in [2.75, 3.05) is 18.6 Å². The van der Waals surface area contributed by atoms with Crippen molar-refractivity contribution < 1.29 is 24.2 Å². The van der Waals surface area contributed by atoms with E-state index in [0.717, 1.165) is 28.7 Å². The van der Waals surface area contributed by atoms with Gasteiger partial charge in [-0.15, -0.1) is 0 Å². The molecule has 0 radical (unpaired) electrons. The lowest BCUT2D eigenvalue weighted by Crippen LogP contribution is -2.49. The Morgan fingerprint density at radius 1 is 1.06 bits per heavy atom. The first-order valence-electron chi connectivity index (χ1n) is 11.6. The molecule has 8 heteroatoms. The van der Waals surface area contributed by atoms with Crippen molar-refractivity contribution in [2.24, 2.45) is 5.92 Å². The molecule has 0 saturated heterocycles. The van der Waals surface area contributed by atoms with Gasteiger partial charge in [-0.25, -0.2) is 9.59 Å². The van der Waals surface area contributed by atoms with Crippen LogP contribution in [0.1, 0.15) is 42.7 Å². The van der Waals surface area contributed by atoms with Crippen LogP contribution in [0.25, 0.3) is 11.1 Å². The second kappa shape index (κ2) is 11.0. The average molecular weight is 483 g/mol. The third-order valence-electron chi connectivity index (χ3n) is 6.72. The summed E-state index contributed by atoms with van der Waals surface area (Å²) in [5, 5.41) is 14.9. The van der Waals surface area contributed by atoms with Gasteiger partial charge in [-0.2, -0.15) is 11.8 Å². The molecule has 0 aromatic heterocycles. The van der Waals surface area contributed by atoms with Crippen molar-refractivity contribution in [3.8, 4) is 11.1 Å². The van der Waals surface area contributed by atoms with Crippen LogP contribution in [0.2, 0.25) is 0 Å². The fourth-order valence-corrected chi connectivity index (χ4v) is 5.48. The number of ether oxygens (including phenoxy) is 1. The summed E-state index contributed by atoms with van der Waals surface area (Å²) in [5.41, 5.74) is 4.60. The van der Waals surface area contributed by atoms with Crippen LogP contribution in [-0.4, -0.2) is 53.8 Å². The standard InChI is InChI=1S/C26H30N2O5S/c1-34-14-13-23(25(30)31)27-24(29)20-11-6-12-22(20)28-26(32)33-15-21-18-9-4-2-7-16(18)17-8-3-5-10-19(17)21/h2-5,7-10,20-23H,6,11-15H2,1H3,(H,27,29)(H,28,32)(H,30,31)/t20-,22+,23+/m1/s1. The molecule has 0 spiro atoms. The molecule has 0 unspecified atom stereocenters. The van der Waals surface area contributed by atoms with Gasteiger partial charge in [0.05, 0.1) is 5.92 Å². The number of benzene rings is 2. The zero-order chi connectivity index (χ0) is 24.1. The molecular weight excluding hydrogens is 452 g/mol. The molecule has 2 aromatic carbocycles. The number of carboxylic acids is 1. The Labute approximate surface area is 203 Å². The van der Waals surface area contributed by atoms with Crippen LogP contribution >= 0.6 is 11.8 Å². The zero-order valence-corrected chi connectivity index (χ0v) is 20.0. The largest absolute Gasteiger partial charge is 0.480 e. The van der Waals surface area contributed by atoms with E-state index >= 15 is 0 Å². The van der Waals surface area contributed by atoms with Crippen molar-refractivity contribution >= 4 is 29.7 Å². The quantitative estimate of drug-likeness (QED) is 0.499. The minimum atomic E-state index is -1.04. The van der Waals surface area contributed by atoms with Crippen molar-refractivity contribution in [3.63, 3.8) is 0 Å². The summed E-state index contributed by atoms with van der Waals surface area (Å²) in [6.45, 7) is 0.208. The monoisotopic (exact) mass is 482 g/mol. The number of amides is 2. The van der Waals surface area contributed by atoms with Crippen molar-refractivity contribution in [1.82, 2.24) is 10.6 Å². The summed E-state index contributed by atoms with van der Waals surface area (Å²) in [7, 11) is 0. The molecule has 1 fully saturated rings. The Balaban J connectivity index is 1.35. The summed E-state index contributed by atoms with van der Waals surface area (Å²) in [5.74, 6) is -1.22. The van der Waals surface area contributed by atoms with Crippen LogP contribution < -0.4 is 10.6 Å². The maximum Gasteiger partial charge on any atom is 0.407 e. The zero-order valence-electron chi connectivity index (χ0n) is 19.2. The predicted octanol–water partition coefficient (Wildman–Crippen LogP) is 4.02. The summed E-state index contributed by atoms with van der Waals surface area (Å²) in [4.78, 5) is 36.9. The van der Waals surface area contributed by atoms with E-state index in [9.17, 15) is 19.5 Å². The van der Waals surface area contributed by atoms with Crippen molar-refractivity contribution in [3.05, 3.63) is 59.7 Å². The van der Waals surface area contributed by atoms with Gasteiger partial charge < -0.3 is 20.5 Å². The molecule has 34 heavy (non-hydrogen) atoms. The van der Waals surface area contributed by atoms with Gasteiger partial charge in [0.15, 0.2) is 0 Å². The van der Waals surface area contributed by atoms with E-state index in [-0.39, 0.29) is 24.5 Å². The highest BCUT2D eigenvalue weighted by Gasteiger charge is 2.36. The molecule has 3 N–H and O–H groups in total. The molecular formula is C26H30N2O5S. The minimum absolute atomic E-state index is 0.0337. The van der Waals surface area contributed by atoms with Crippen LogP contribution in [0, 0.1) is 5.92 Å². The van der Waals surface area contributed by atoms with Gasteiger partial charge in [-0.3, -0.25) is 4.79 Å². The average Bonchev–Trinajstić information content (AvgIpc) is 3.42. The summed E-state index contributed by atoms with van der Waals surface area (Å²) < 4.78 is 5.62. The van der Waals surface area contributed by atoms with Gasteiger partial charge >= 0.3 is 12.1 Å². The van der Waals surface area contributed by atoms with E-state index in [1.807, 2.05) is 30.5 Å². The fraction of sp³-hybridized carbons (Fsp3) is 0.423. The Kier molecular flexibility index (Phi) is 7.77. The maximum atomic E-state index is 12.8. The minimum Gasteiger partial charge on any atom is -0.480 e. The fourth-order valence-electron chi connectivity index (χ4n) is 5.01. The van der Waals surface area contributed by atoms with Gasteiger partial charge in [0.2, 0.25) is 5.91 Å². The van der Waals surface area contributed by atoms with E-state index in [1.165, 1.54) is 11.8 Å². The number of rotatable bonds is 9. The van der Waals surface area contributed by atoms with E-state index in [2.05, 4.69) is 34.9 Å². The first-order valence-corrected chi connectivity index (χ1v) is 13.0. The Morgan fingerprint density at radius 3 is 2.32 bits per heavy atom. The third kappa shape index (κ3) is 5.22. The highest BCUT2D eigenvalue weighted by molar-refractivity contribution is 7.98. The highest BCUT2D eigenvalue weighted by atomic mass is 32.2. The van der Waals surface area contributed by atoms with Crippen LogP contribution in [0.15, 0.2) is 48.5 Å². The second-order valence-corrected chi connectivity index (χ2v) is 9.78. The normalized spacial score (nSPS) is 19.7. The van der Waals surface area contributed by atoms with Crippen LogP contribution in [0.3, 0.4) is 0 Å². The molecule has 0 aliphatic heterocycles. The number of carboxylic acid groups (broad SMARTS) is 1. The number of hydrogen-bond donors (Lipinski definition) is 3. The molecule has 2 aromatic rings. The van der Waals surface area contributed by atoms with Gasteiger partial charge in [-0.1, -0.05) is 55.0 Å². The van der Waals surface area contributed by atoms with Gasteiger partial charge in [-0.05, 0) is 53.5 Å². The summed E-state index contributed by atoms with van der Waals surface area (Å²) >= 11 is 1.53. The van der Waals surface area contributed by atoms with E-state index in [1.54, 1.807) is 0 Å². The van der Waals surface area contributed by atoms with Crippen LogP contribution in [-0.2, 0) is 14.3 Å². The lowest BCUT2D eigenvalue weighted by atomic mass is 9.98. The topological polar surface area (TPSA) is 105 Å². The summed E-state index contributed by atoms with van der Waals surface area (Å²) in [6.07, 6.45) is 3.75. The molecule has 2 aliphatic carbocycles. The molecule has 2 amide bonds. The SMILES string of the molecule is CSCC[C@H](NC(=O)[C@@H]1CCC[C@@H]1NC(=O)OCC1c2ccccc2-c2ccccc21)C(=O)O. The van der Waals surface area contributed by atoms with Gasteiger partial charge in [0.1, 0.15) is 12.6 Å². The lowest BCUT2D eigenvalue weighted by Gasteiger charge is -2.23. The lowest BCUT2D eigenvalue weighted by molar-refractivity contribution is -0.142. The number of carbonyl (C=O) groups is 3. The third-order valence-corrected chi connectivity index (χ3v) is 7.37.